The monoisotopic (exact) mass is 246 g/mol. The van der Waals surface area contributed by atoms with E-state index in [0.29, 0.717) is 12.6 Å². The molecule has 2 rings (SSSR count). The number of hydrogen-bond donors (Lipinski definition) is 2. The van der Waals surface area contributed by atoms with Gasteiger partial charge < -0.3 is 10.6 Å². The van der Waals surface area contributed by atoms with Gasteiger partial charge >= 0.3 is 0 Å². The number of benzene rings is 1. The topological polar surface area (TPSA) is 41.1 Å². The molecule has 0 aromatic heterocycles. The summed E-state index contributed by atoms with van der Waals surface area (Å²) in [6, 6.07) is 8.65. The zero-order chi connectivity index (χ0) is 12.8. The maximum absolute atomic E-state index is 11.7. The van der Waals surface area contributed by atoms with E-state index in [1.165, 1.54) is 18.4 Å². The van der Waals surface area contributed by atoms with Crippen LogP contribution in [0.3, 0.4) is 0 Å². The number of amides is 1. The van der Waals surface area contributed by atoms with Gasteiger partial charge in [0.2, 0.25) is 5.91 Å². The largest absolute Gasteiger partial charge is 0.376 e. The molecule has 1 aromatic carbocycles. The second kappa shape index (κ2) is 6.43. The van der Waals surface area contributed by atoms with Gasteiger partial charge in [-0.15, -0.1) is 0 Å². The summed E-state index contributed by atoms with van der Waals surface area (Å²) in [6.07, 6.45) is 5.81. The van der Waals surface area contributed by atoms with Gasteiger partial charge in [-0.2, -0.15) is 0 Å². The molecule has 2 N–H and O–H groups in total. The Kier molecular flexibility index (Phi) is 4.62. The number of hydrogen-bond acceptors (Lipinski definition) is 2. The summed E-state index contributed by atoms with van der Waals surface area (Å²) in [7, 11) is 0. The van der Waals surface area contributed by atoms with Crippen molar-refractivity contribution in [2.45, 2.75) is 45.1 Å². The van der Waals surface area contributed by atoms with Crippen LogP contribution in [0, 0.1) is 0 Å². The zero-order valence-corrected chi connectivity index (χ0v) is 11.0. The second-order valence-corrected chi connectivity index (χ2v) is 4.95. The first-order valence-corrected chi connectivity index (χ1v) is 6.90. The van der Waals surface area contributed by atoms with Crippen molar-refractivity contribution in [3.8, 4) is 0 Å². The summed E-state index contributed by atoms with van der Waals surface area (Å²) in [5.74, 6) is 0.0986. The Morgan fingerprint density at radius 1 is 1.22 bits per heavy atom. The van der Waals surface area contributed by atoms with E-state index in [2.05, 4.69) is 29.7 Å². The van der Waals surface area contributed by atoms with Crippen molar-refractivity contribution < 1.29 is 4.79 Å². The van der Waals surface area contributed by atoms with E-state index < -0.39 is 0 Å². The van der Waals surface area contributed by atoms with Crippen molar-refractivity contribution >= 4 is 11.6 Å². The van der Waals surface area contributed by atoms with Crippen LogP contribution in [0.4, 0.5) is 5.69 Å². The van der Waals surface area contributed by atoms with Gasteiger partial charge in [-0.3, -0.25) is 4.79 Å². The van der Waals surface area contributed by atoms with Gasteiger partial charge in [-0.1, -0.05) is 31.9 Å². The molecule has 1 aromatic rings. The lowest BCUT2D eigenvalue weighted by Crippen LogP contribution is -2.36. The van der Waals surface area contributed by atoms with Crippen molar-refractivity contribution in [3.05, 3.63) is 29.8 Å². The van der Waals surface area contributed by atoms with Crippen molar-refractivity contribution in [1.82, 2.24) is 5.32 Å². The SMILES string of the molecule is CCc1ccc(NCC(=O)NC2CCCC2)cc1. The third kappa shape index (κ3) is 3.76. The molecule has 98 valence electrons. The molecule has 0 saturated heterocycles. The summed E-state index contributed by atoms with van der Waals surface area (Å²) in [5.41, 5.74) is 2.32. The Morgan fingerprint density at radius 2 is 1.89 bits per heavy atom. The van der Waals surface area contributed by atoms with Gasteiger partial charge in [0.25, 0.3) is 0 Å². The van der Waals surface area contributed by atoms with E-state index in [1.807, 2.05) is 12.1 Å². The average Bonchev–Trinajstić information content (AvgIpc) is 2.90. The van der Waals surface area contributed by atoms with E-state index in [1.54, 1.807) is 0 Å². The van der Waals surface area contributed by atoms with E-state index in [-0.39, 0.29) is 5.91 Å². The number of carbonyl (C=O) groups excluding carboxylic acids is 1. The minimum absolute atomic E-state index is 0.0986. The highest BCUT2D eigenvalue weighted by molar-refractivity contribution is 5.81. The Hall–Kier alpha value is -1.51. The number of nitrogens with one attached hydrogen (secondary N) is 2. The third-order valence-electron chi connectivity index (χ3n) is 3.54. The van der Waals surface area contributed by atoms with Crippen molar-refractivity contribution in [3.63, 3.8) is 0 Å². The third-order valence-corrected chi connectivity index (χ3v) is 3.54. The molecule has 18 heavy (non-hydrogen) atoms. The number of rotatable bonds is 5. The first-order valence-electron chi connectivity index (χ1n) is 6.90. The molecule has 0 atom stereocenters. The summed E-state index contributed by atoms with van der Waals surface area (Å²) in [6.45, 7) is 2.50. The lowest BCUT2D eigenvalue weighted by atomic mass is 10.1. The minimum atomic E-state index is 0.0986. The molecule has 0 heterocycles. The molecule has 3 heteroatoms. The lowest BCUT2D eigenvalue weighted by molar-refractivity contribution is -0.120. The molecule has 0 spiro atoms. The Morgan fingerprint density at radius 3 is 2.50 bits per heavy atom. The molecule has 0 aliphatic heterocycles. The standard InChI is InChI=1S/C15H22N2O/c1-2-12-7-9-13(10-8-12)16-11-15(18)17-14-5-3-4-6-14/h7-10,14,16H,2-6,11H2,1H3,(H,17,18). The van der Waals surface area contributed by atoms with Gasteiger partial charge in [0.05, 0.1) is 6.54 Å². The fourth-order valence-corrected chi connectivity index (χ4v) is 2.39. The summed E-state index contributed by atoms with van der Waals surface area (Å²) < 4.78 is 0. The smallest absolute Gasteiger partial charge is 0.239 e. The summed E-state index contributed by atoms with van der Waals surface area (Å²) >= 11 is 0. The highest BCUT2D eigenvalue weighted by atomic mass is 16.1. The normalized spacial score (nSPS) is 15.6. The average molecular weight is 246 g/mol. The van der Waals surface area contributed by atoms with Crippen LogP contribution in [0.5, 0.6) is 0 Å². The van der Waals surface area contributed by atoms with Crippen LogP contribution in [0.25, 0.3) is 0 Å². The number of aryl methyl sites for hydroxylation is 1. The molecule has 0 radical (unpaired) electrons. The lowest BCUT2D eigenvalue weighted by Gasteiger charge is -2.13. The molecule has 3 nitrogen and oxygen atoms in total. The van der Waals surface area contributed by atoms with Crippen LogP contribution in [0.15, 0.2) is 24.3 Å². The van der Waals surface area contributed by atoms with E-state index >= 15 is 0 Å². The number of anilines is 1. The van der Waals surface area contributed by atoms with Crippen LogP contribution < -0.4 is 10.6 Å². The first-order chi connectivity index (χ1) is 8.78. The molecule has 1 fully saturated rings. The van der Waals surface area contributed by atoms with Crippen LogP contribution in [0.1, 0.15) is 38.2 Å². The highest BCUT2D eigenvalue weighted by Gasteiger charge is 2.16. The first kappa shape index (κ1) is 12.9. The van der Waals surface area contributed by atoms with Gasteiger partial charge in [0.1, 0.15) is 0 Å². The van der Waals surface area contributed by atoms with Crippen LogP contribution in [-0.4, -0.2) is 18.5 Å². The molecular formula is C15H22N2O. The van der Waals surface area contributed by atoms with Crippen molar-refractivity contribution in [2.24, 2.45) is 0 Å². The molecule has 1 saturated carbocycles. The Labute approximate surface area is 109 Å². The highest BCUT2D eigenvalue weighted by Crippen LogP contribution is 2.17. The second-order valence-electron chi connectivity index (χ2n) is 4.95. The quantitative estimate of drug-likeness (QED) is 0.838. The van der Waals surface area contributed by atoms with Gasteiger partial charge in [0.15, 0.2) is 0 Å². The fourth-order valence-electron chi connectivity index (χ4n) is 2.39. The van der Waals surface area contributed by atoms with E-state index in [0.717, 1.165) is 24.9 Å². The van der Waals surface area contributed by atoms with Gasteiger partial charge in [-0.25, -0.2) is 0 Å². The van der Waals surface area contributed by atoms with Crippen LogP contribution >= 0.6 is 0 Å². The summed E-state index contributed by atoms with van der Waals surface area (Å²) in [5, 5.41) is 6.23. The van der Waals surface area contributed by atoms with Crippen LogP contribution in [0.2, 0.25) is 0 Å². The predicted molar refractivity (Wildman–Crippen MR) is 74.7 cm³/mol. The molecule has 1 amide bonds. The number of carbonyl (C=O) groups is 1. The zero-order valence-electron chi connectivity index (χ0n) is 11.0. The molecule has 0 unspecified atom stereocenters. The van der Waals surface area contributed by atoms with E-state index in [4.69, 9.17) is 0 Å². The van der Waals surface area contributed by atoms with Gasteiger partial charge in [0, 0.05) is 11.7 Å². The molecular weight excluding hydrogens is 224 g/mol. The fraction of sp³-hybridized carbons (Fsp3) is 0.533. The maximum Gasteiger partial charge on any atom is 0.239 e. The van der Waals surface area contributed by atoms with Gasteiger partial charge in [-0.05, 0) is 37.0 Å². The Bertz CT molecular complexity index is 380. The molecule has 1 aliphatic carbocycles. The van der Waals surface area contributed by atoms with Crippen molar-refractivity contribution in [1.29, 1.82) is 0 Å². The molecule has 1 aliphatic rings. The van der Waals surface area contributed by atoms with Crippen molar-refractivity contribution in [2.75, 3.05) is 11.9 Å². The predicted octanol–water partition coefficient (Wildman–Crippen LogP) is 2.72. The van der Waals surface area contributed by atoms with Crippen LogP contribution in [-0.2, 0) is 11.2 Å². The summed E-state index contributed by atoms with van der Waals surface area (Å²) in [4.78, 5) is 11.7. The Balaban J connectivity index is 1.74. The minimum Gasteiger partial charge on any atom is -0.376 e. The van der Waals surface area contributed by atoms with E-state index in [9.17, 15) is 4.79 Å². The molecule has 0 bridgehead atoms. The maximum atomic E-state index is 11.7.